The first-order chi connectivity index (χ1) is 12.5. The molecule has 0 aliphatic rings. The van der Waals surface area contributed by atoms with E-state index < -0.39 is 16.2 Å². The minimum Gasteiger partial charge on any atom is -0.442 e. The summed E-state index contributed by atoms with van der Waals surface area (Å²) in [5, 5.41) is 0.340. The molecule has 8 nitrogen and oxygen atoms in total. The number of imidazole rings is 1. The third kappa shape index (κ3) is 5.06. The van der Waals surface area contributed by atoms with Crippen molar-refractivity contribution in [2.45, 2.75) is 44.9 Å². The number of aromatic nitrogens is 2. The van der Waals surface area contributed by atoms with Crippen LogP contribution in [-0.2, 0) is 28.0 Å². The van der Waals surface area contributed by atoms with Gasteiger partial charge in [0, 0.05) is 28.7 Å². The highest BCUT2D eigenvalue weighted by Gasteiger charge is 2.31. The molecule has 27 heavy (non-hydrogen) atoms. The number of carbonyl (C=O) groups excluding carboxylic acids is 1. The average molecular weight is 436 g/mol. The van der Waals surface area contributed by atoms with Crippen molar-refractivity contribution in [3.63, 3.8) is 0 Å². The smallest absolute Gasteiger partial charge is 0.404 e. The number of benzene rings is 1. The number of amides is 1. The van der Waals surface area contributed by atoms with Crippen molar-refractivity contribution in [1.82, 2.24) is 9.55 Å². The first kappa shape index (κ1) is 21.3. The van der Waals surface area contributed by atoms with Crippen molar-refractivity contribution in [2.75, 3.05) is 0 Å². The number of nitrogens with zero attached hydrogens (tertiary/aromatic N) is 2. The second-order valence-electron chi connectivity index (χ2n) is 5.87. The standard InChI is InChI=1S/C16H19Cl2N3O5S/c1-4-21-13(8-25-16(19)22)20-14(9(2)3)15(21)27(23,24)26-12-6-10(17)5-11(18)7-12/h5-7,9H,4,8H2,1-3H3,(H2,19,22). The number of carbonyl (C=O) groups is 1. The number of halogens is 2. The highest BCUT2D eigenvalue weighted by molar-refractivity contribution is 7.87. The molecular weight excluding hydrogens is 417 g/mol. The van der Waals surface area contributed by atoms with Gasteiger partial charge < -0.3 is 19.2 Å². The van der Waals surface area contributed by atoms with Gasteiger partial charge in [-0.05, 0) is 18.9 Å². The molecule has 11 heteroatoms. The third-order valence-electron chi connectivity index (χ3n) is 3.51. The molecular formula is C16H19Cl2N3O5S. The molecule has 0 atom stereocenters. The van der Waals surface area contributed by atoms with Crippen molar-refractivity contribution < 1.29 is 22.1 Å². The second kappa shape index (κ2) is 8.37. The summed E-state index contributed by atoms with van der Waals surface area (Å²) in [6, 6.07) is 4.13. The van der Waals surface area contributed by atoms with Gasteiger partial charge in [0.2, 0.25) is 0 Å². The summed E-state index contributed by atoms with van der Waals surface area (Å²) in [4.78, 5) is 15.2. The van der Waals surface area contributed by atoms with E-state index in [0.29, 0.717) is 0 Å². The Morgan fingerprint density at radius 3 is 2.33 bits per heavy atom. The normalized spacial score (nSPS) is 11.6. The van der Waals surface area contributed by atoms with E-state index in [2.05, 4.69) is 4.98 Å². The quantitative estimate of drug-likeness (QED) is 0.663. The lowest BCUT2D eigenvalue weighted by Gasteiger charge is -2.13. The SMILES string of the molecule is CCn1c(COC(N)=O)nc(C(C)C)c1S(=O)(=O)Oc1cc(Cl)cc(Cl)c1. The van der Waals surface area contributed by atoms with Gasteiger partial charge in [0.25, 0.3) is 0 Å². The zero-order valence-corrected chi connectivity index (χ0v) is 17.2. The maximum Gasteiger partial charge on any atom is 0.404 e. The first-order valence-electron chi connectivity index (χ1n) is 7.97. The van der Waals surface area contributed by atoms with Crippen molar-refractivity contribution in [3.8, 4) is 5.75 Å². The summed E-state index contributed by atoms with van der Waals surface area (Å²) >= 11 is 11.8. The number of nitrogens with two attached hydrogens (primary N) is 1. The number of ether oxygens (including phenoxy) is 1. The zero-order chi connectivity index (χ0) is 20.4. The molecule has 0 aliphatic carbocycles. The first-order valence-corrected chi connectivity index (χ1v) is 10.1. The zero-order valence-electron chi connectivity index (χ0n) is 14.9. The largest absolute Gasteiger partial charge is 0.442 e. The van der Waals surface area contributed by atoms with Crippen LogP contribution in [0.25, 0.3) is 0 Å². The molecule has 0 aliphatic heterocycles. The average Bonchev–Trinajstić information content (AvgIpc) is 2.91. The fourth-order valence-corrected chi connectivity index (χ4v) is 4.43. The van der Waals surface area contributed by atoms with E-state index in [1.807, 2.05) is 0 Å². The summed E-state index contributed by atoms with van der Waals surface area (Å²) in [7, 11) is -4.27. The van der Waals surface area contributed by atoms with Crippen LogP contribution in [-0.4, -0.2) is 24.1 Å². The van der Waals surface area contributed by atoms with E-state index in [4.69, 9.17) is 37.9 Å². The van der Waals surface area contributed by atoms with Crippen LogP contribution < -0.4 is 9.92 Å². The fraction of sp³-hybridized carbons (Fsp3) is 0.375. The molecule has 0 radical (unpaired) electrons. The highest BCUT2D eigenvalue weighted by atomic mass is 35.5. The molecule has 148 valence electrons. The van der Waals surface area contributed by atoms with E-state index in [9.17, 15) is 13.2 Å². The minimum absolute atomic E-state index is 0.0269. The predicted molar refractivity (Wildman–Crippen MR) is 101 cm³/mol. The third-order valence-corrected chi connectivity index (χ3v) is 5.26. The lowest BCUT2D eigenvalue weighted by molar-refractivity contribution is 0.145. The minimum atomic E-state index is -4.27. The van der Waals surface area contributed by atoms with Gasteiger partial charge in [-0.1, -0.05) is 37.0 Å². The molecule has 0 spiro atoms. The van der Waals surface area contributed by atoms with Gasteiger partial charge >= 0.3 is 16.2 Å². The van der Waals surface area contributed by atoms with Crippen LogP contribution in [0.2, 0.25) is 10.0 Å². The Kier molecular flexibility index (Phi) is 6.61. The Labute approximate surface area is 167 Å². The summed E-state index contributed by atoms with van der Waals surface area (Å²) in [6.45, 7) is 5.30. The maximum atomic E-state index is 13.0. The van der Waals surface area contributed by atoms with Crippen LogP contribution in [0, 0.1) is 0 Å². The van der Waals surface area contributed by atoms with Crippen LogP contribution in [0.15, 0.2) is 23.2 Å². The van der Waals surface area contributed by atoms with E-state index in [1.54, 1.807) is 20.8 Å². The Morgan fingerprint density at radius 2 is 1.85 bits per heavy atom. The summed E-state index contributed by atoms with van der Waals surface area (Å²) in [6.07, 6.45) is -0.985. The molecule has 2 rings (SSSR count). The fourth-order valence-electron chi connectivity index (χ4n) is 2.46. The number of hydrogen-bond acceptors (Lipinski definition) is 6. The molecule has 0 unspecified atom stereocenters. The van der Waals surface area contributed by atoms with Gasteiger partial charge in [0.05, 0.1) is 5.69 Å². The van der Waals surface area contributed by atoms with Crippen LogP contribution in [0.5, 0.6) is 5.75 Å². The van der Waals surface area contributed by atoms with Gasteiger partial charge in [-0.3, -0.25) is 0 Å². The molecule has 2 N–H and O–H groups in total. The van der Waals surface area contributed by atoms with Gasteiger partial charge in [-0.2, -0.15) is 8.42 Å². The van der Waals surface area contributed by atoms with E-state index >= 15 is 0 Å². The Hall–Kier alpha value is -1.97. The molecule has 1 aromatic heterocycles. The topological polar surface area (TPSA) is 114 Å². The van der Waals surface area contributed by atoms with Crippen molar-refractivity contribution in [1.29, 1.82) is 0 Å². The Bertz CT molecular complexity index is 937. The van der Waals surface area contributed by atoms with Crippen molar-refractivity contribution in [3.05, 3.63) is 39.8 Å². The monoisotopic (exact) mass is 435 g/mol. The molecule has 1 amide bonds. The van der Waals surface area contributed by atoms with Gasteiger partial charge in [0.1, 0.15) is 11.6 Å². The number of rotatable bonds is 7. The lowest BCUT2D eigenvalue weighted by Crippen LogP contribution is -2.19. The van der Waals surface area contributed by atoms with Crippen LogP contribution in [0.3, 0.4) is 0 Å². The van der Waals surface area contributed by atoms with Crippen molar-refractivity contribution in [2.24, 2.45) is 5.73 Å². The highest BCUT2D eigenvalue weighted by Crippen LogP contribution is 2.30. The molecule has 1 heterocycles. The number of primary amides is 1. The lowest BCUT2D eigenvalue weighted by atomic mass is 10.1. The molecule has 2 aromatic rings. The molecule has 0 saturated carbocycles. The molecule has 0 saturated heterocycles. The van der Waals surface area contributed by atoms with Crippen molar-refractivity contribution >= 4 is 39.4 Å². The van der Waals surface area contributed by atoms with Gasteiger partial charge in [-0.25, -0.2) is 9.78 Å². The van der Waals surface area contributed by atoms with Gasteiger partial charge in [-0.15, -0.1) is 0 Å². The van der Waals surface area contributed by atoms with Crippen LogP contribution >= 0.6 is 23.2 Å². The van der Waals surface area contributed by atoms with Gasteiger partial charge in [0.15, 0.2) is 11.6 Å². The van der Waals surface area contributed by atoms with E-state index in [0.717, 1.165) is 0 Å². The molecule has 1 aromatic carbocycles. The van der Waals surface area contributed by atoms with E-state index in [1.165, 1.54) is 22.8 Å². The molecule has 0 fully saturated rings. The van der Waals surface area contributed by atoms with E-state index in [-0.39, 0.29) is 51.4 Å². The Balaban J connectivity index is 2.54. The Morgan fingerprint density at radius 1 is 1.26 bits per heavy atom. The number of hydrogen-bond donors (Lipinski definition) is 1. The van der Waals surface area contributed by atoms with Crippen LogP contribution in [0.1, 0.15) is 38.2 Å². The maximum absolute atomic E-state index is 13.0. The predicted octanol–water partition coefficient (Wildman–Crippen LogP) is 3.70. The summed E-state index contributed by atoms with van der Waals surface area (Å²) < 4.78 is 37.4. The second-order valence-corrected chi connectivity index (χ2v) is 8.20. The molecule has 0 bridgehead atoms. The summed E-state index contributed by atoms with van der Waals surface area (Å²) in [5.74, 6) is -0.0197. The summed E-state index contributed by atoms with van der Waals surface area (Å²) in [5.41, 5.74) is 5.27. The van der Waals surface area contributed by atoms with Crippen LogP contribution in [0.4, 0.5) is 4.79 Å².